The Labute approximate surface area is 204 Å². The second kappa shape index (κ2) is 11.3. The van der Waals surface area contributed by atoms with Crippen LogP contribution in [-0.4, -0.2) is 45.8 Å². The quantitative estimate of drug-likeness (QED) is 0.475. The standard InChI is InChI=1S/C27H28N2O6/c1-32-24-11-8-19(16-25(24)33-2)9-13-26(30)28-20-10-12-23-22(17-20)29(27(31)18-35-23)14-15-34-21-6-4-3-5-7-21/h3-8,10-12,16-17H,9,13-15,18H2,1-2H3,(H,28,30). The number of rotatable bonds is 10. The molecule has 0 saturated heterocycles. The number of nitrogens with zero attached hydrogens (tertiary/aromatic N) is 1. The number of anilines is 2. The van der Waals surface area contributed by atoms with Gasteiger partial charge in [-0.25, -0.2) is 0 Å². The number of amides is 2. The molecule has 1 aliphatic heterocycles. The van der Waals surface area contributed by atoms with Gasteiger partial charge < -0.3 is 29.2 Å². The fraction of sp³-hybridized carbons (Fsp3) is 0.259. The number of carbonyl (C=O) groups is 2. The summed E-state index contributed by atoms with van der Waals surface area (Å²) in [4.78, 5) is 26.8. The summed E-state index contributed by atoms with van der Waals surface area (Å²) in [7, 11) is 3.16. The molecule has 0 spiro atoms. The van der Waals surface area contributed by atoms with E-state index in [2.05, 4.69) is 5.32 Å². The molecule has 0 unspecified atom stereocenters. The second-order valence-corrected chi connectivity index (χ2v) is 7.92. The largest absolute Gasteiger partial charge is 0.493 e. The van der Waals surface area contributed by atoms with Gasteiger partial charge in [0.15, 0.2) is 18.1 Å². The fourth-order valence-corrected chi connectivity index (χ4v) is 3.81. The second-order valence-electron chi connectivity index (χ2n) is 7.92. The minimum Gasteiger partial charge on any atom is -0.493 e. The number of nitrogens with one attached hydrogen (secondary N) is 1. The van der Waals surface area contributed by atoms with E-state index in [1.165, 1.54) is 0 Å². The lowest BCUT2D eigenvalue weighted by Gasteiger charge is -2.29. The third-order valence-electron chi connectivity index (χ3n) is 5.60. The Bertz CT molecular complexity index is 1180. The van der Waals surface area contributed by atoms with E-state index < -0.39 is 0 Å². The predicted molar refractivity (Wildman–Crippen MR) is 133 cm³/mol. The van der Waals surface area contributed by atoms with Gasteiger partial charge in [-0.1, -0.05) is 24.3 Å². The highest BCUT2D eigenvalue weighted by molar-refractivity contribution is 5.99. The number of hydrogen-bond acceptors (Lipinski definition) is 6. The lowest BCUT2D eigenvalue weighted by Crippen LogP contribution is -2.41. The highest BCUT2D eigenvalue weighted by Crippen LogP contribution is 2.34. The minimum absolute atomic E-state index is 0.0324. The van der Waals surface area contributed by atoms with E-state index in [1.807, 2.05) is 48.5 Å². The van der Waals surface area contributed by atoms with Crippen LogP contribution in [0, 0.1) is 0 Å². The van der Waals surface area contributed by atoms with E-state index in [-0.39, 0.29) is 24.8 Å². The molecule has 1 aliphatic rings. The molecule has 0 radical (unpaired) electrons. The van der Waals surface area contributed by atoms with E-state index >= 15 is 0 Å². The molecule has 1 N–H and O–H groups in total. The fourth-order valence-electron chi connectivity index (χ4n) is 3.81. The number of aryl methyl sites for hydroxylation is 1. The Morgan fingerprint density at radius 3 is 2.57 bits per heavy atom. The summed E-state index contributed by atoms with van der Waals surface area (Å²) in [5.41, 5.74) is 2.16. The summed E-state index contributed by atoms with van der Waals surface area (Å²) in [5.74, 6) is 2.30. The topological polar surface area (TPSA) is 86.3 Å². The summed E-state index contributed by atoms with van der Waals surface area (Å²) in [5, 5.41) is 2.91. The summed E-state index contributed by atoms with van der Waals surface area (Å²) in [6.45, 7) is 0.660. The van der Waals surface area contributed by atoms with Crippen LogP contribution in [0.25, 0.3) is 0 Å². The molecule has 0 aromatic heterocycles. The molecule has 3 aromatic carbocycles. The van der Waals surface area contributed by atoms with Crippen LogP contribution in [0.15, 0.2) is 66.7 Å². The van der Waals surface area contributed by atoms with Gasteiger partial charge in [0.2, 0.25) is 5.91 Å². The van der Waals surface area contributed by atoms with E-state index in [0.29, 0.717) is 48.2 Å². The highest BCUT2D eigenvalue weighted by Gasteiger charge is 2.26. The van der Waals surface area contributed by atoms with Crippen molar-refractivity contribution < 1.29 is 28.5 Å². The first kappa shape index (κ1) is 23.9. The molecular formula is C27H28N2O6. The van der Waals surface area contributed by atoms with Gasteiger partial charge >= 0.3 is 0 Å². The van der Waals surface area contributed by atoms with Crippen LogP contribution < -0.4 is 29.2 Å². The number of ether oxygens (including phenoxy) is 4. The molecule has 4 rings (SSSR count). The maximum atomic E-state index is 12.6. The third-order valence-corrected chi connectivity index (χ3v) is 5.60. The number of hydrogen-bond donors (Lipinski definition) is 1. The van der Waals surface area contributed by atoms with Gasteiger partial charge in [-0.05, 0) is 54.4 Å². The normalized spacial score (nSPS) is 12.4. The molecule has 0 fully saturated rings. The van der Waals surface area contributed by atoms with Crippen LogP contribution in [0.4, 0.5) is 11.4 Å². The summed E-state index contributed by atoms with van der Waals surface area (Å²) < 4.78 is 21.9. The van der Waals surface area contributed by atoms with Crippen LogP contribution in [-0.2, 0) is 16.0 Å². The van der Waals surface area contributed by atoms with Crippen molar-refractivity contribution in [3.8, 4) is 23.0 Å². The zero-order valence-corrected chi connectivity index (χ0v) is 19.8. The molecule has 1 heterocycles. The molecule has 2 amide bonds. The molecule has 35 heavy (non-hydrogen) atoms. The van der Waals surface area contributed by atoms with Crippen LogP contribution in [0.3, 0.4) is 0 Å². The van der Waals surface area contributed by atoms with Crippen molar-refractivity contribution in [3.63, 3.8) is 0 Å². The molecule has 8 nitrogen and oxygen atoms in total. The van der Waals surface area contributed by atoms with E-state index in [4.69, 9.17) is 18.9 Å². The Morgan fingerprint density at radius 2 is 1.80 bits per heavy atom. The number of carbonyl (C=O) groups excluding carboxylic acids is 2. The zero-order valence-electron chi connectivity index (χ0n) is 19.8. The third kappa shape index (κ3) is 6.03. The van der Waals surface area contributed by atoms with Gasteiger partial charge in [-0.2, -0.15) is 0 Å². The van der Waals surface area contributed by atoms with Crippen molar-refractivity contribution in [1.82, 2.24) is 0 Å². The van der Waals surface area contributed by atoms with Crippen LogP contribution in [0.1, 0.15) is 12.0 Å². The predicted octanol–water partition coefficient (Wildman–Crippen LogP) is 4.08. The molecule has 182 valence electrons. The number of fused-ring (bicyclic) bond motifs is 1. The molecule has 8 heteroatoms. The first-order chi connectivity index (χ1) is 17.1. The Kier molecular flexibility index (Phi) is 7.72. The molecular weight excluding hydrogens is 448 g/mol. The van der Waals surface area contributed by atoms with E-state index in [9.17, 15) is 9.59 Å². The smallest absolute Gasteiger partial charge is 0.265 e. The molecule has 0 bridgehead atoms. The van der Waals surface area contributed by atoms with Gasteiger partial charge in [-0.15, -0.1) is 0 Å². The van der Waals surface area contributed by atoms with Gasteiger partial charge in [0.05, 0.1) is 26.5 Å². The zero-order chi connectivity index (χ0) is 24.6. The van der Waals surface area contributed by atoms with Gasteiger partial charge in [0.25, 0.3) is 5.91 Å². The first-order valence-corrected chi connectivity index (χ1v) is 11.3. The average Bonchev–Trinajstić information content (AvgIpc) is 2.89. The highest BCUT2D eigenvalue weighted by atomic mass is 16.5. The lowest BCUT2D eigenvalue weighted by atomic mass is 10.1. The maximum absolute atomic E-state index is 12.6. The van der Waals surface area contributed by atoms with E-state index in [0.717, 1.165) is 11.3 Å². The van der Waals surface area contributed by atoms with Crippen molar-refractivity contribution in [3.05, 3.63) is 72.3 Å². The Hall–Kier alpha value is -4.20. The van der Waals surface area contributed by atoms with Crippen molar-refractivity contribution in [1.29, 1.82) is 0 Å². The van der Waals surface area contributed by atoms with Gasteiger partial charge in [0.1, 0.15) is 18.1 Å². The van der Waals surface area contributed by atoms with Gasteiger partial charge in [-0.3, -0.25) is 9.59 Å². The maximum Gasteiger partial charge on any atom is 0.265 e. The van der Waals surface area contributed by atoms with Crippen LogP contribution in [0.2, 0.25) is 0 Å². The lowest BCUT2D eigenvalue weighted by molar-refractivity contribution is -0.121. The summed E-state index contributed by atoms with van der Waals surface area (Å²) in [6.07, 6.45) is 0.832. The summed E-state index contributed by atoms with van der Waals surface area (Å²) >= 11 is 0. The molecule has 0 atom stereocenters. The van der Waals surface area contributed by atoms with Gasteiger partial charge in [0, 0.05) is 12.1 Å². The van der Waals surface area contributed by atoms with Crippen molar-refractivity contribution in [2.24, 2.45) is 0 Å². The number of para-hydroxylation sites is 1. The monoisotopic (exact) mass is 476 g/mol. The molecule has 0 aliphatic carbocycles. The minimum atomic E-state index is -0.161. The Morgan fingerprint density at radius 1 is 1.00 bits per heavy atom. The molecule has 0 saturated carbocycles. The van der Waals surface area contributed by atoms with Crippen molar-refractivity contribution in [2.75, 3.05) is 44.2 Å². The average molecular weight is 477 g/mol. The number of benzene rings is 3. The first-order valence-electron chi connectivity index (χ1n) is 11.3. The molecule has 3 aromatic rings. The summed E-state index contributed by atoms with van der Waals surface area (Å²) in [6, 6.07) is 20.3. The van der Waals surface area contributed by atoms with Crippen molar-refractivity contribution in [2.45, 2.75) is 12.8 Å². The van der Waals surface area contributed by atoms with E-state index in [1.54, 1.807) is 37.3 Å². The SMILES string of the molecule is COc1ccc(CCC(=O)Nc2ccc3c(c2)N(CCOc2ccccc2)C(=O)CO3)cc1OC. The Balaban J connectivity index is 1.37. The number of methoxy groups -OCH3 is 2. The van der Waals surface area contributed by atoms with Crippen LogP contribution >= 0.6 is 0 Å². The van der Waals surface area contributed by atoms with Crippen molar-refractivity contribution >= 4 is 23.2 Å². The van der Waals surface area contributed by atoms with Crippen LogP contribution in [0.5, 0.6) is 23.0 Å².